The SMILES string of the molecule is Cc1nc2n(n1)CCCC2NC(=NCC(=O)N(C)C)NC(C)c1cccs1.I. The molecule has 0 aliphatic carbocycles. The first-order valence-corrected chi connectivity index (χ1v) is 10.0. The maximum atomic E-state index is 12.0. The molecule has 154 valence electrons. The topological polar surface area (TPSA) is 87.4 Å². The number of likely N-dealkylation sites (N-methyl/N-ethyl adjacent to an activating group) is 1. The van der Waals surface area contributed by atoms with Crippen LogP contribution in [-0.4, -0.2) is 52.2 Å². The fourth-order valence-corrected chi connectivity index (χ4v) is 3.74. The fraction of sp³-hybridized carbons (Fsp3) is 0.556. The summed E-state index contributed by atoms with van der Waals surface area (Å²) in [7, 11) is 3.47. The highest BCUT2D eigenvalue weighted by atomic mass is 127. The van der Waals surface area contributed by atoms with Crippen LogP contribution < -0.4 is 10.6 Å². The monoisotopic (exact) mass is 517 g/mol. The molecule has 0 spiro atoms. The maximum Gasteiger partial charge on any atom is 0.243 e. The maximum absolute atomic E-state index is 12.0. The van der Waals surface area contributed by atoms with Crippen molar-refractivity contribution in [3.8, 4) is 0 Å². The molecule has 2 atom stereocenters. The van der Waals surface area contributed by atoms with Gasteiger partial charge in [-0.3, -0.25) is 4.79 Å². The van der Waals surface area contributed by atoms with Crippen LogP contribution in [0.1, 0.15) is 48.4 Å². The van der Waals surface area contributed by atoms with Crippen molar-refractivity contribution in [2.45, 2.75) is 45.3 Å². The predicted octanol–water partition coefficient (Wildman–Crippen LogP) is 2.49. The molecular weight excluding hydrogens is 489 g/mol. The van der Waals surface area contributed by atoms with Crippen LogP contribution in [0, 0.1) is 6.92 Å². The van der Waals surface area contributed by atoms with E-state index in [1.165, 1.54) is 4.88 Å². The normalized spacial score (nSPS) is 17.3. The smallest absolute Gasteiger partial charge is 0.243 e. The Hall–Kier alpha value is -1.69. The van der Waals surface area contributed by atoms with E-state index in [0.717, 1.165) is 31.0 Å². The first kappa shape index (κ1) is 22.6. The summed E-state index contributed by atoms with van der Waals surface area (Å²) in [6, 6.07) is 4.24. The Labute approximate surface area is 186 Å². The lowest BCUT2D eigenvalue weighted by molar-refractivity contribution is -0.127. The number of amides is 1. The number of hydrogen-bond donors (Lipinski definition) is 2. The summed E-state index contributed by atoms with van der Waals surface area (Å²) in [5.74, 6) is 2.28. The van der Waals surface area contributed by atoms with Crippen LogP contribution >= 0.6 is 35.3 Å². The summed E-state index contributed by atoms with van der Waals surface area (Å²) in [6.45, 7) is 4.98. The van der Waals surface area contributed by atoms with E-state index in [4.69, 9.17) is 0 Å². The van der Waals surface area contributed by atoms with Gasteiger partial charge in [-0.15, -0.1) is 35.3 Å². The standard InChI is InChI=1S/C18H27N7OS.HI/c1-12(15-8-6-10-27-15)20-18(19-11-16(26)24(3)4)22-14-7-5-9-25-17(14)21-13(2)23-25;/h6,8,10,12,14H,5,7,9,11H2,1-4H3,(H2,19,20,22);1H. The number of rotatable bonds is 5. The highest BCUT2D eigenvalue weighted by Crippen LogP contribution is 2.23. The number of guanidine groups is 1. The van der Waals surface area contributed by atoms with E-state index in [0.29, 0.717) is 5.96 Å². The van der Waals surface area contributed by atoms with Gasteiger partial charge >= 0.3 is 0 Å². The van der Waals surface area contributed by atoms with Crippen LogP contribution in [0.2, 0.25) is 0 Å². The van der Waals surface area contributed by atoms with Gasteiger partial charge in [-0.1, -0.05) is 6.07 Å². The molecule has 2 N–H and O–H groups in total. The minimum Gasteiger partial charge on any atom is -0.349 e. The van der Waals surface area contributed by atoms with Gasteiger partial charge in [0.05, 0.1) is 12.1 Å². The Morgan fingerprint density at radius 3 is 2.96 bits per heavy atom. The van der Waals surface area contributed by atoms with E-state index >= 15 is 0 Å². The van der Waals surface area contributed by atoms with Gasteiger partial charge in [0.2, 0.25) is 5.91 Å². The van der Waals surface area contributed by atoms with E-state index < -0.39 is 0 Å². The number of hydrogen-bond acceptors (Lipinski definition) is 5. The van der Waals surface area contributed by atoms with Crippen molar-refractivity contribution >= 4 is 47.2 Å². The summed E-state index contributed by atoms with van der Waals surface area (Å²) in [6.07, 6.45) is 1.98. The number of carbonyl (C=O) groups is 1. The average molecular weight is 517 g/mol. The van der Waals surface area contributed by atoms with Gasteiger partial charge in [0.1, 0.15) is 18.2 Å². The van der Waals surface area contributed by atoms with Crippen molar-refractivity contribution in [2.24, 2.45) is 4.99 Å². The minimum absolute atomic E-state index is 0. The molecule has 0 saturated heterocycles. The molecule has 1 amide bonds. The third-order valence-corrected chi connectivity index (χ3v) is 5.54. The number of fused-ring (bicyclic) bond motifs is 1. The summed E-state index contributed by atoms with van der Waals surface area (Å²) in [5, 5.41) is 13.4. The molecule has 0 radical (unpaired) electrons. The zero-order valence-electron chi connectivity index (χ0n) is 16.7. The van der Waals surface area contributed by atoms with Crippen LogP contribution in [-0.2, 0) is 11.3 Å². The molecule has 1 aliphatic rings. The van der Waals surface area contributed by atoms with Gasteiger partial charge in [-0.25, -0.2) is 14.7 Å². The number of thiophene rings is 1. The Morgan fingerprint density at radius 2 is 2.29 bits per heavy atom. The molecule has 28 heavy (non-hydrogen) atoms. The Balaban J connectivity index is 0.00000280. The van der Waals surface area contributed by atoms with Gasteiger partial charge in [-0.05, 0) is 38.1 Å². The van der Waals surface area contributed by atoms with E-state index in [2.05, 4.69) is 44.1 Å². The van der Waals surface area contributed by atoms with Crippen LogP contribution in [0.5, 0.6) is 0 Å². The zero-order valence-corrected chi connectivity index (χ0v) is 19.8. The van der Waals surface area contributed by atoms with E-state index in [1.807, 2.05) is 17.7 Å². The number of nitrogens with zero attached hydrogens (tertiary/aromatic N) is 5. The number of aryl methyl sites for hydroxylation is 2. The van der Waals surface area contributed by atoms with Crippen LogP contribution in [0.25, 0.3) is 0 Å². The van der Waals surface area contributed by atoms with E-state index in [-0.39, 0.29) is 48.5 Å². The predicted molar refractivity (Wildman–Crippen MR) is 122 cm³/mol. The molecule has 2 aromatic heterocycles. The molecule has 10 heteroatoms. The third kappa shape index (κ3) is 5.66. The summed E-state index contributed by atoms with van der Waals surface area (Å²) in [5.41, 5.74) is 0. The first-order chi connectivity index (χ1) is 12.9. The van der Waals surface area contributed by atoms with Crippen LogP contribution in [0.4, 0.5) is 0 Å². The molecule has 8 nitrogen and oxygen atoms in total. The molecule has 3 heterocycles. The fourth-order valence-electron chi connectivity index (χ4n) is 3.01. The number of halogens is 1. The Morgan fingerprint density at radius 1 is 1.50 bits per heavy atom. The second-order valence-electron chi connectivity index (χ2n) is 6.91. The summed E-state index contributed by atoms with van der Waals surface area (Å²) in [4.78, 5) is 23.8. The lowest BCUT2D eigenvalue weighted by Gasteiger charge is -2.26. The second-order valence-corrected chi connectivity index (χ2v) is 7.89. The van der Waals surface area contributed by atoms with Crippen molar-refractivity contribution < 1.29 is 4.79 Å². The van der Waals surface area contributed by atoms with Crippen molar-refractivity contribution in [1.29, 1.82) is 0 Å². The third-order valence-electron chi connectivity index (χ3n) is 4.49. The highest BCUT2D eigenvalue weighted by Gasteiger charge is 2.25. The van der Waals surface area contributed by atoms with Crippen molar-refractivity contribution in [2.75, 3.05) is 20.6 Å². The summed E-state index contributed by atoms with van der Waals surface area (Å²) >= 11 is 1.69. The summed E-state index contributed by atoms with van der Waals surface area (Å²) < 4.78 is 1.96. The molecule has 3 rings (SSSR count). The van der Waals surface area contributed by atoms with Crippen LogP contribution in [0.3, 0.4) is 0 Å². The number of carbonyl (C=O) groups excluding carboxylic acids is 1. The van der Waals surface area contributed by atoms with Gasteiger partial charge in [0.25, 0.3) is 0 Å². The number of nitrogens with one attached hydrogen (secondary N) is 2. The molecule has 0 aromatic carbocycles. The molecule has 0 bridgehead atoms. The lowest BCUT2D eigenvalue weighted by Crippen LogP contribution is -2.43. The number of aromatic nitrogens is 3. The molecule has 2 unspecified atom stereocenters. The van der Waals surface area contributed by atoms with Gasteiger partial charge in [-0.2, -0.15) is 5.10 Å². The van der Waals surface area contributed by atoms with Crippen molar-refractivity contribution in [3.63, 3.8) is 0 Å². The second kappa shape index (κ2) is 10.2. The highest BCUT2D eigenvalue weighted by molar-refractivity contribution is 14.0. The number of aliphatic imine (C=N–C) groups is 1. The Kier molecular flexibility index (Phi) is 8.23. The quantitative estimate of drug-likeness (QED) is 0.362. The largest absolute Gasteiger partial charge is 0.349 e. The first-order valence-electron chi connectivity index (χ1n) is 9.16. The minimum atomic E-state index is -0.0393. The van der Waals surface area contributed by atoms with Crippen molar-refractivity contribution in [3.05, 3.63) is 34.0 Å². The molecule has 2 aromatic rings. The van der Waals surface area contributed by atoms with Crippen LogP contribution in [0.15, 0.2) is 22.5 Å². The average Bonchev–Trinajstić information content (AvgIpc) is 3.28. The molecular formula is C18H28IN7OS. The van der Waals surface area contributed by atoms with E-state index in [1.54, 1.807) is 30.3 Å². The zero-order chi connectivity index (χ0) is 19.4. The lowest BCUT2D eigenvalue weighted by atomic mass is 10.1. The van der Waals surface area contributed by atoms with Crippen molar-refractivity contribution in [1.82, 2.24) is 30.3 Å². The molecule has 1 aliphatic heterocycles. The molecule has 0 saturated carbocycles. The van der Waals surface area contributed by atoms with Gasteiger partial charge < -0.3 is 15.5 Å². The van der Waals surface area contributed by atoms with E-state index in [9.17, 15) is 4.79 Å². The van der Waals surface area contributed by atoms with Gasteiger partial charge in [0.15, 0.2) is 5.96 Å². The Bertz CT molecular complexity index is 803. The van der Waals surface area contributed by atoms with Gasteiger partial charge in [0, 0.05) is 25.5 Å². The molecule has 0 fully saturated rings.